The zero-order valence-corrected chi connectivity index (χ0v) is 13.9. The number of nitrogens with zero attached hydrogens (tertiary/aromatic N) is 2. The molecule has 1 unspecified atom stereocenters. The van der Waals surface area contributed by atoms with Gasteiger partial charge in [0.15, 0.2) is 0 Å². The summed E-state index contributed by atoms with van der Waals surface area (Å²) in [4.78, 5) is 29.7. The molecule has 0 spiro atoms. The molecule has 2 heterocycles. The topological polar surface area (TPSA) is 70.4 Å². The molecule has 4 rings (SSSR count). The second-order valence-corrected chi connectivity index (χ2v) is 5.88. The number of aromatic nitrogens is 2. The Balaban J connectivity index is 2.02. The molecule has 3 aromatic rings. The molecule has 0 saturated carbocycles. The van der Waals surface area contributed by atoms with E-state index in [9.17, 15) is 9.59 Å². The summed E-state index contributed by atoms with van der Waals surface area (Å²) in [7, 11) is 2.92. The Morgan fingerprint density at radius 3 is 2.76 bits per heavy atom. The predicted octanol–water partition coefficient (Wildman–Crippen LogP) is 2.54. The average Bonchev–Trinajstić information content (AvgIpc) is 2.95. The highest BCUT2D eigenvalue weighted by molar-refractivity contribution is 5.82. The van der Waals surface area contributed by atoms with E-state index < -0.39 is 6.04 Å². The lowest BCUT2D eigenvalue weighted by Crippen LogP contribution is -2.26. The van der Waals surface area contributed by atoms with E-state index in [-0.39, 0.29) is 17.9 Å². The van der Waals surface area contributed by atoms with Crippen molar-refractivity contribution in [1.29, 1.82) is 0 Å². The first-order valence-electron chi connectivity index (χ1n) is 7.90. The standard InChI is InChI=1S/C19H16N2O4/c1-24-11-7-8-12-14(9-11)16(10-17(22)25-2)21-18(12)20-15-6-4-3-5-13(15)19(21)23/h3-9,16H,10H2,1-2H3. The van der Waals surface area contributed by atoms with Gasteiger partial charge in [-0.1, -0.05) is 12.1 Å². The van der Waals surface area contributed by atoms with Crippen LogP contribution in [0.3, 0.4) is 0 Å². The van der Waals surface area contributed by atoms with Crippen LogP contribution < -0.4 is 10.3 Å². The van der Waals surface area contributed by atoms with Gasteiger partial charge in [0.1, 0.15) is 11.6 Å². The van der Waals surface area contributed by atoms with Gasteiger partial charge in [-0.25, -0.2) is 4.98 Å². The van der Waals surface area contributed by atoms with Gasteiger partial charge in [-0.3, -0.25) is 14.2 Å². The number of fused-ring (bicyclic) bond motifs is 4. The van der Waals surface area contributed by atoms with Crippen molar-refractivity contribution in [1.82, 2.24) is 9.55 Å². The zero-order valence-electron chi connectivity index (χ0n) is 13.9. The maximum absolute atomic E-state index is 13.1. The van der Waals surface area contributed by atoms with Gasteiger partial charge in [0.05, 0.1) is 37.6 Å². The Labute approximate surface area is 143 Å². The number of carbonyl (C=O) groups is 1. The first-order valence-corrected chi connectivity index (χ1v) is 7.90. The van der Waals surface area contributed by atoms with E-state index in [0.717, 1.165) is 11.1 Å². The van der Waals surface area contributed by atoms with E-state index in [0.29, 0.717) is 22.5 Å². The summed E-state index contributed by atoms with van der Waals surface area (Å²) in [5.41, 5.74) is 2.14. The van der Waals surface area contributed by atoms with Gasteiger partial charge in [-0.05, 0) is 35.9 Å². The Morgan fingerprint density at radius 1 is 1.20 bits per heavy atom. The van der Waals surface area contributed by atoms with Gasteiger partial charge in [-0.2, -0.15) is 0 Å². The van der Waals surface area contributed by atoms with E-state index in [1.807, 2.05) is 30.3 Å². The van der Waals surface area contributed by atoms with Gasteiger partial charge in [-0.15, -0.1) is 0 Å². The molecule has 0 amide bonds. The molecule has 25 heavy (non-hydrogen) atoms. The fraction of sp³-hybridized carbons (Fsp3) is 0.211. The van der Waals surface area contributed by atoms with E-state index in [1.165, 1.54) is 7.11 Å². The molecule has 1 atom stereocenters. The molecule has 126 valence electrons. The van der Waals surface area contributed by atoms with E-state index >= 15 is 0 Å². The van der Waals surface area contributed by atoms with Gasteiger partial charge in [0, 0.05) is 5.56 Å². The highest BCUT2D eigenvalue weighted by Gasteiger charge is 2.33. The van der Waals surface area contributed by atoms with Crippen LogP contribution in [0.15, 0.2) is 47.3 Å². The van der Waals surface area contributed by atoms with Crippen LogP contribution in [-0.4, -0.2) is 29.7 Å². The number of carbonyl (C=O) groups excluding carboxylic acids is 1. The third-order valence-corrected chi connectivity index (χ3v) is 4.57. The van der Waals surface area contributed by atoms with Crippen molar-refractivity contribution in [2.24, 2.45) is 0 Å². The minimum absolute atomic E-state index is 0.0591. The molecule has 0 radical (unpaired) electrons. The van der Waals surface area contributed by atoms with Gasteiger partial charge in [0.25, 0.3) is 5.56 Å². The first kappa shape index (κ1) is 15.4. The fourth-order valence-electron chi connectivity index (χ4n) is 3.35. The van der Waals surface area contributed by atoms with Crippen molar-refractivity contribution in [3.05, 3.63) is 58.4 Å². The Morgan fingerprint density at radius 2 is 2.00 bits per heavy atom. The quantitative estimate of drug-likeness (QED) is 0.688. The predicted molar refractivity (Wildman–Crippen MR) is 92.8 cm³/mol. The lowest BCUT2D eigenvalue weighted by atomic mass is 10.0. The van der Waals surface area contributed by atoms with Crippen LogP contribution in [0.1, 0.15) is 18.0 Å². The minimum atomic E-state index is -0.461. The average molecular weight is 336 g/mol. The molecular weight excluding hydrogens is 320 g/mol. The third-order valence-electron chi connectivity index (χ3n) is 4.57. The normalized spacial score (nSPS) is 14.9. The summed E-state index contributed by atoms with van der Waals surface area (Å²) in [6.45, 7) is 0. The number of esters is 1. The molecule has 6 nitrogen and oxygen atoms in total. The summed E-state index contributed by atoms with van der Waals surface area (Å²) >= 11 is 0. The summed E-state index contributed by atoms with van der Waals surface area (Å²) < 4.78 is 11.7. The second-order valence-electron chi connectivity index (χ2n) is 5.88. The Bertz CT molecular complexity index is 1050. The van der Waals surface area contributed by atoms with Crippen molar-refractivity contribution in [2.75, 3.05) is 14.2 Å². The van der Waals surface area contributed by atoms with Crippen LogP contribution >= 0.6 is 0 Å². The lowest BCUT2D eigenvalue weighted by molar-refractivity contribution is -0.141. The molecule has 0 aliphatic carbocycles. The Kier molecular flexibility index (Phi) is 3.53. The highest BCUT2D eigenvalue weighted by Crippen LogP contribution is 2.41. The lowest BCUT2D eigenvalue weighted by Gasteiger charge is -2.15. The SMILES string of the molecule is COC(=O)CC1c2cc(OC)ccc2-c2nc3ccccc3c(=O)n21. The third kappa shape index (κ3) is 2.29. The Hall–Kier alpha value is -3.15. The number of ether oxygens (including phenoxy) is 2. The van der Waals surface area contributed by atoms with Crippen molar-refractivity contribution in [2.45, 2.75) is 12.5 Å². The van der Waals surface area contributed by atoms with Gasteiger partial charge < -0.3 is 9.47 Å². The second kappa shape index (κ2) is 5.73. The summed E-state index contributed by atoms with van der Waals surface area (Å²) in [5.74, 6) is 0.848. The molecule has 2 aromatic carbocycles. The molecule has 0 bridgehead atoms. The van der Waals surface area contributed by atoms with Crippen LogP contribution in [0.4, 0.5) is 0 Å². The maximum atomic E-state index is 13.1. The van der Waals surface area contributed by atoms with Gasteiger partial charge >= 0.3 is 5.97 Å². The summed E-state index contributed by atoms with van der Waals surface area (Å²) in [5, 5.41) is 0.529. The van der Waals surface area contributed by atoms with E-state index in [1.54, 1.807) is 23.8 Å². The number of hydrogen-bond acceptors (Lipinski definition) is 5. The maximum Gasteiger partial charge on any atom is 0.307 e. The molecule has 6 heteroatoms. The number of para-hydroxylation sites is 1. The molecule has 0 N–H and O–H groups in total. The van der Waals surface area contributed by atoms with Crippen molar-refractivity contribution in [3.8, 4) is 17.1 Å². The molecule has 1 aliphatic rings. The van der Waals surface area contributed by atoms with E-state index in [4.69, 9.17) is 9.47 Å². The van der Waals surface area contributed by atoms with Crippen LogP contribution in [0.5, 0.6) is 5.75 Å². The number of hydrogen-bond donors (Lipinski definition) is 0. The van der Waals surface area contributed by atoms with E-state index in [2.05, 4.69) is 4.98 Å². The van der Waals surface area contributed by atoms with Crippen LogP contribution in [0, 0.1) is 0 Å². The summed E-state index contributed by atoms with van der Waals surface area (Å²) in [6.07, 6.45) is 0.0591. The van der Waals surface area contributed by atoms with Crippen LogP contribution in [0.2, 0.25) is 0 Å². The molecule has 1 aromatic heterocycles. The monoisotopic (exact) mass is 336 g/mol. The molecule has 0 saturated heterocycles. The first-order chi connectivity index (χ1) is 12.1. The molecular formula is C19H16N2O4. The minimum Gasteiger partial charge on any atom is -0.497 e. The smallest absolute Gasteiger partial charge is 0.307 e. The number of methoxy groups -OCH3 is 2. The molecule has 1 aliphatic heterocycles. The van der Waals surface area contributed by atoms with Crippen molar-refractivity contribution < 1.29 is 14.3 Å². The fourth-order valence-corrected chi connectivity index (χ4v) is 3.35. The van der Waals surface area contributed by atoms with Crippen LogP contribution in [0.25, 0.3) is 22.3 Å². The highest BCUT2D eigenvalue weighted by atomic mass is 16.5. The summed E-state index contributed by atoms with van der Waals surface area (Å²) in [6, 6.07) is 12.3. The largest absolute Gasteiger partial charge is 0.497 e. The van der Waals surface area contributed by atoms with Crippen LogP contribution in [-0.2, 0) is 9.53 Å². The van der Waals surface area contributed by atoms with Gasteiger partial charge in [0.2, 0.25) is 0 Å². The number of rotatable bonds is 3. The van der Waals surface area contributed by atoms with Crippen molar-refractivity contribution >= 4 is 16.9 Å². The molecule has 0 fully saturated rings. The van der Waals surface area contributed by atoms with Crippen molar-refractivity contribution in [3.63, 3.8) is 0 Å². The zero-order chi connectivity index (χ0) is 17.6. The number of benzene rings is 2.